The van der Waals surface area contributed by atoms with Crippen LogP contribution in [0.25, 0.3) is 0 Å². The number of ether oxygens (including phenoxy) is 1. The molecule has 0 unspecified atom stereocenters. The number of fused-ring (bicyclic) bond motifs is 1. The molecule has 0 radical (unpaired) electrons. The van der Waals surface area contributed by atoms with Crippen LogP contribution in [0.2, 0.25) is 0 Å². The van der Waals surface area contributed by atoms with E-state index in [2.05, 4.69) is 23.3 Å². The maximum absolute atomic E-state index is 9.18. The van der Waals surface area contributed by atoms with Crippen LogP contribution in [-0.2, 0) is 12.8 Å². The van der Waals surface area contributed by atoms with Crippen LogP contribution in [0, 0.1) is 11.3 Å². The summed E-state index contributed by atoms with van der Waals surface area (Å²) in [5.74, 6) is 0.501. The summed E-state index contributed by atoms with van der Waals surface area (Å²) in [5.41, 5.74) is 2.90. The van der Waals surface area contributed by atoms with Crippen molar-refractivity contribution in [2.45, 2.75) is 39.0 Å². The van der Waals surface area contributed by atoms with Gasteiger partial charge in [-0.1, -0.05) is 6.92 Å². The van der Waals surface area contributed by atoms with E-state index in [1.165, 1.54) is 18.4 Å². The summed E-state index contributed by atoms with van der Waals surface area (Å²) >= 11 is 0. The lowest BCUT2D eigenvalue weighted by molar-refractivity contribution is 0.300. The van der Waals surface area contributed by atoms with E-state index >= 15 is 0 Å². The molecule has 1 aliphatic carbocycles. The Morgan fingerprint density at radius 3 is 3.00 bits per heavy atom. The second-order valence-electron chi connectivity index (χ2n) is 4.86. The van der Waals surface area contributed by atoms with E-state index in [-0.39, 0.29) is 0 Å². The number of aromatic nitrogens is 1. The van der Waals surface area contributed by atoms with Gasteiger partial charge in [0.15, 0.2) is 0 Å². The van der Waals surface area contributed by atoms with Gasteiger partial charge in [0.1, 0.15) is 18.2 Å². The summed E-state index contributed by atoms with van der Waals surface area (Å²) in [4.78, 5) is 4.53. The second kappa shape index (κ2) is 7.10. The Balaban J connectivity index is 2.01. The molecule has 102 valence electrons. The Bertz CT molecular complexity index is 465. The van der Waals surface area contributed by atoms with E-state index in [0.717, 1.165) is 38.0 Å². The monoisotopic (exact) mass is 259 g/mol. The molecule has 0 aliphatic heterocycles. The van der Waals surface area contributed by atoms with E-state index < -0.39 is 0 Å². The lowest BCUT2D eigenvalue weighted by Crippen LogP contribution is -2.22. The molecule has 0 atom stereocenters. The number of hydrogen-bond acceptors (Lipinski definition) is 4. The molecule has 1 aliphatic rings. The highest BCUT2D eigenvalue weighted by molar-refractivity contribution is 5.43. The third-order valence-corrected chi connectivity index (χ3v) is 3.33. The van der Waals surface area contributed by atoms with Crippen LogP contribution < -0.4 is 10.1 Å². The van der Waals surface area contributed by atoms with Crippen molar-refractivity contribution in [3.63, 3.8) is 0 Å². The van der Waals surface area contributed by atoms with Gasteiger partial charge in [-0.15, -0.1) is 0 Å². The first kappa shape index (κ1) is 13.8. The maximum Gasteiger partial charge on any atom is 0.231 e. The van der Waals surface area contributed by atoms with E-state index in [4.69, 9.17) is 4.74 Å². The lowest BCUT2D eigenvalue weighted by Gasteiger charge is -2.16. The Labute approximate surface area is 114 Å². The molecular weight excluding hydrogens is 238 g/mol. The highest BCUT2D eigenvalue weighted by Gasteiger charge is 2.15. The number of nitrogens with one attached hydrogen (secondary N) is 1. The summed E-state index contributed by atoms with van der Waals surface area (Å²) in [6.45, 7) is 4.47. The quantitative estimate of drug-likeness (QED) is 0.796. The zero-order chi connectivity index (χ0) is 13.5. The molecule has 0 saturated carbocycles. The molecule has 1 heterocycles. The molecule has 0 amide bonds. The van der Waals surface area contributed by atoms with Crippen LogP contribution in [0.5, 0.6) is 5.88 Å². The van der Waals surface area contributed by atoms with Gasteiger partial charge in [0.25, 0.3) is 0 Å². The van der Waals surface area contributed by atoms with Crippen molar-refractivity contribution < 1.29 is 4.74 Å². The molecular formula is C15H21N3O. The highest BCUT2D eigenvalue weighted by atomic mass is 16.5. The molecule has 1 N–H and O–H groups in total. The predicted molar refractivity (Wildman–Crippen MR) is 74.2 cm³/mol. The van der Waals surface area contributed by atoms with Crippen molar-refractivity contribution in [1.29, 1.82) is 5.26 Å². The highest BCUT2D eigenvalue weighted by Crippen LogP contribution is 2.25. The SMILES string of the molecule is CCCNCCOc1nc2c(cc1C#N)CCCC2. The smallest absolute Gasteiger partial charge is 0.231 e. The minimum atomic E-state index is 0.501. The van der Waals surface area contributed by atoms with E-state index in [1.807, 2.05) is 6.07 Å². The number of nitriles is 1. The summed E-state index contributed by atoms with van der Waals surface area (Å²) in [5, 5.41) is 12.4. The standard InChI is InChI=1S/C15H21N3O/c1-2-7-17-8-9-19-15-13(11-16)10-12-5-3-4-6-14(12)18-15/h10,17H,2-9H2,1H3. The molecule has 0 fully saturated rings. The van der Waals surface area contributed by atoms with Crippen molar-refractivity contribution in [2.75, 3.05) is 19.7 Å². The number of hydrogen-bond donors (Lipinski definition) is 1. The minimum absolute atomic E-state index is 0.501. The molecule has 4 nitrogen and oxygen atoms in total. The normalized spacial score (nSPS) is 13.7. The van der Waals surface area contributed by atoms with Crippen molar-refractivity contribution in [2.24, 2.45) is 0 Å². The zero-order valence-corrected chi connectivity index (χ0v) is 11.5. The first-order valence-corrected chi connectivity index (χ1v) is 7.11. The van der Waals surface area contributed by atoms with Gasteiger partial charge in [-0.05, 0) is 50.3 Å². The fourth-order valence-electron chi connectivity index (χ4n) is 2.33. The Hall–Kier alpha value is -1.60. The molecule has 2 rings (SSSR count). The Kier molecular flexibility index (Phi) is 5.17. The van der Waals surface area contributed by atoms with Gasteiger partial charge in [-0.2, -0.15) is 5.26 Å². The van der Waals surface area contributed by atoms with Crippen LogP contribution in [0.15, 0.2) is 6.07 Å². The van der Waals surface area contributed by atoms with Crippen molar-refractivity contribution >= 4 is 0 Å². The zero-order valence-electron chi connectivity index (χ0n) is 11.5. The molecule has 4 heteroatoms. The van der Waals surface area contributed by atoms with Crippen LogP contribution in [0.1, 0.15) is 43.0 Å². The predicted octanol–water partition coefficient (Wildman–Crippen LogP) is 2.21. The van der Waals surface area contributed by atoms with E-state index in [9.17, 15) is 5.26 Å². The molecule has 0 aromatic carbocycles. The van der Waals surface area contributed by atoms with E-state index in [1.54, 1.807) is 0 Å². The fraction of sp³-hybridized carbons (Fsp3) is 0.600. The van der Waals surface area contributed by atoms with Gasteiger partial charge in [-0.3, -0.25) is 0 Å². The average Bonchev–Trinajstić information content (AvgIpc) is 2.46. The Morgan fingerprint density at radius 1 is 1.37 bits per heavy atom. The Morgan fingerprint density at radius 2 is 2.21 bits per heavy atom. The summed E-state index contributed by atoms with van der Waals surface area (Å²) in [7, 11) is 0. The average molecular weight is 259 g/mol. The molecule has 0 saturated heterocycles. The largest absolute Gasteiger partial charge is 0.475 e. The number of pyridine rings is 1. The van der Waals surface area contributed by atoms with Crippen molar-refractivity contribution in [3.8, 4) is 11.9 Å². The minimum Gasteiger partial charge on any atom is -0.475 e. The van der Waals surface area contributed by atoms with Crippen molar-refractivity contribution in [1.82, 2.24) is 10.3 Å². The summed E-state index contributed by atoms with van der Waals surface area (Å²) in [6.07, 6.45) is 5.53. The second-order valence-corrected chi connectivity index (χ2v) is 4.86. The third kappa shape index (κ3) is 3.68. The first-order valence-electron chi connectivity index (χ1n) is 7.11. The van der Waals surface area contributed by atoms with Gasteiger partial charge in [-0.25, -0.2) is 4.98 Å². The number of nitrogens with zero attached hydrogens (tertiary/aromatic N) is 2. The van der Waals surface area contributed by atoms with Crippen LogP contribution >= 0.6 is 0 Å². The molecule has 1 aromatic rings. The van der Waals surface area contributed by atoms with Gasteiger partial charge < -0.3 is 10.1 Å². The van der Waals surface area contributed by atoms with Crippen LogP contribution in [0.3, 0.4) is 0 Å². The first-order chi connectivity index (χ1) is 9.35. The lowest BCUT2D eigenvalue weighted by atomic mass is 9.95. The third-order valence-electron chi connectivity index (χ3n) is 3.33. The number of aryl methyl sites for hydroxylation is 2. The molecule has 1 aromatic heterocycles. The summed E-state index contributed by atoms with van der Waals surface area (Å²) < 4.78 is 5.64. The number of rotatable bonds is 6. The van der Waals surface area contributed by atoms with Crippen LogP contribution in [-0.4, -0.2) is 24.7 Å². The molecule has 0 spiro atoms. The van der Waals surface area contributed by atoms with Gasteiger partial charge in [0.05, 0.1) is 0 Å². The van der Waals surface area contributed by atoms with Gasteiger partial charge in [0, 0.05) is 12.2 Å². The van der Waals surface area contributed by atoms with E-state index in [0.29, 0.717) is 18.1 Å². The van der Waals surface area contributed by atoms with Crippen LogP contribution in [0.4, 0.5) is 0 Å². The molecule has 0 bridgehead atoms. The van der Waals surface area contributed by atoms with Gasteiger partial charge >= 0.3 is 0 Å². The van der Waals surface area contributed by atoms with Gasteiger partial charge in [0.2, 0.25) is 5.88 Å². The molecule has 19 heavy (non-hydrogen) atoms. The fourth-order valence-corrected chi connectivity index (χ4v) is 2.33. The van der Waals surface area contributed by atoms with Crippen molar-refractivity contribution in [3.05, 3.63) is 22.9 Å². The topological polar surface area (TPSA) is 57.9 Å². The summed E-state index contributed by atoms with van der Waals surface area (Å²) in [6, 6.07) is 4.14. The maximum atomic E-state index is 9.18.